The molecule has 0 radical (unpaired) electrons. The molecule has 0 aliphatic carbocycles. The summed E-state index contributed by atoms with van der Waals surface area (Å²) in [6.45, 7) is 0. The topological polar surface area (TPSA) is 60.7 Å². The van der Waals surface area contributed by atoms with Crippen LogP contribution >= 0.6 is 0 Å². The van der Waals surface area contributed by atoms with Crippen LogP contribution < -0.4 is 0 Å². The van der Waals surface area contributed by atoms with E-state index < -0.39 is 18.3 Å². The lowest BCUT2D eigenvalue weighted by atomic mass is 10.0. The van der Waals surface area contributed by atoms with Gasteiger partial charge in [0.05, 0.1) is 0 Å². The fourth-order valence-electron chi connectivity index (χ4n) is 2.13. The molecule has 0 aromatic heterocycles. The van der Waals surface area contributed by atoms with Gasteiger partial charge in [-0.1, -0.05) is 0 Å². The van der Waals surface area contributed by atoms with Gasteiger partial charge >= 0.3 is 0 Å². The molecule has 2 saturated heterocycles. The van der Waals surface area contributed by atoms with Crippen molar-refractivity contribution in [3.8, 4) is 0 Å². The molecule has 2 aliphatic heterocycles. The van der Waals surface area contributed by atoms with Crippen molar-refractivity contribution in [1.29, 1.82) is 0 Å². The van der Waals surface area contributed by atoms with Gasteiger partial charge in [0.25, 0.3) is 0 Å². The highest BCUT2D eigenvalue weighted by Crippen LogP contribution is 2.32. The van der Waals surface area contributed by atoms with E-state index in [1.165, 1.54) is 0 Å². The lowest BCUT2D eigenvalue weighted by Crippen LogP contribution is -2.54. The van der Waals surface area contributed by atoms with E-state index >= 15 is 0 Å². The quantitative estimate of drug-likeness (QED) is 0.424. The van der Waals surface area contributed by atoms with E-state index in [1.54, 1.807) is 0 Å². The number of aliphatic hydroxyl groups excluding tert-OH is 3. The Morgan fingerprint density at radius 3 is 2.58 bits per heavy atom. The van der Waals surface area contributed by atoms with Crippen molar-refractivity contribution in [3.05, 3.63) is 0 Å². The maximum atomic E-state index is 9.62. The van der Waals surface area contributed by atoms with Crippen molar-refractivity contribution < 1.29 is 15.3 Å². The van der Waals surface area contributed by atoms with Gasteiger partial charge in [-0.15, -0.1) is 0 Å². The lowest BCUT2D eigenvalue weighted by molar-refractivity contribution is -0.0558. The first-order valence-electron chi connectivity index (χ1n) is 4.40. The molecule has 3 N–H and O–H groups in total. The summed E-state index contributed by atoms with van der Waals surface area (Å²) < 4.78 is 0. The van der Waals surface area contributed by atoms with E-state index in [0.29, 0.717) is 5.75 Å². The number of hydrogen-bond acceptors (Lipinski definition) is 3. The number of fused-ring (bicyclic) bond motifs is 1. The van der Waals surface area contributed by atoms with Gasteiger partial charge in [0.1, 0.15) is 35.1 Å². The van der Waals surface area contributed by atoms with Crippen LogP contribution in [-0.4, -0.2) is 50.4 Å². The third-order valence-electron chi connectivity index (χ3n) is 2.83. The molecule has 70 valence electrons. The molecule has 0 aromatic carbocycles. The summed E-state index contributed by atoms with van der Waals surface area (Å²) in [6.07, 6.45) is -0.118. The summed E-state index contributed by atoms with van der Waals surface area (Å²) >= 11 is 0. The van der Waals surface area contributed by atoms with Crippen molar-refractivity contribution >= 4 is 10.9 Å². The predicted octanol–water partition coefficient (Wildman–Crippen LogP) is -1.14. The van der Waals surface area contributed by atoms with Gasteiger partial charge in [-0.25, -0.2) is 0 Å². The van der Waals surface area contributed by atoms with Gasteiger partial charge in [-0.05, 0) is 17.3 Å². The van der Waals surface area contributed by atoms with Crippen molar-refractivity contribution in [2.45, 2.75) is 36.4 Å². The zero-order valence-corrected chi connectivity index (χ0v) is 7.70. The Balaban J connectivity index is 2.10. The van der Waals surface area contributed by atoms with Gasteiger partial charge in [-0.3, -0.25) is 0 Å². The van der Waals surface area contributed by atoms with Crippen LogP contribution in [0.5, 0.6) is 0 Å². The highest BCUT2D eigenvalue weighted by Gasteiger charge is 2.51. The van der Waals surface area contributed by atoms with Gasteiger partial charge in [-0.2, -0.15) is 0 Å². The molecule has 3 unspecified atom stereocenters. The fourth-order valence-corrected chi connectivity index (χ4v) is 5.07. The van der Waals surface area contributed by atoms with E-state index in [0.717, 1.165) is 18.6 Å². The molecule has 0 saturated carbocycles. The van der Waals surface area contributed by atoms with Gasteiger partial charge in [0.2, 0.25) is 0 Å². The minimum absolute atomic E-state index is 0.174. The SMILES string of the molecule is OC1C[S+]2CCCC2[C@H](O)[C@@H]1O. The summed E-state index contributed by atoms with van der Waals surface area (Å²) in [7, 11) is 0.174. The first-order chi connectivity index (χ1) is 5.70. The largest absolute Gasteiger partial charge is 0.387 e. The Hall–Kier alpha value is 0.230. The van der Waals surface area contributed by atoms with Crippen LogP contribution in [0.25, 0.3) is 0 Å². The standard InChI is InChI=1S/C8H15O3S/c9-5-4-12-3-1-2-6(12)8(11)7(5)10/h5-11H,1-4H2/q+1/t5?,6?,7-,8+,12?/m1/s1. The highest BCUT2D eigenvalue weighted by atomic mass is 32.2. The molecular formula is C8H15O3S+. The minimum atomic E-state index is -0.906. The maximum absolute atomic E-state index is 9.62. The molecule has 2 rings (SSSR count). The van der Waals surface area contributed by atoms with Gasteiger partial charge in [0.15, 0.2) is 0 Å². The zero-order chi connectivity index (χ0) is 8.72. The van der Waals surface area contributed by atoms with Crippen molar-refractivity contribution in [3.63, 3.8) is 0 Å². The van der Waals surface area contributed by atoms with Crippen molar-refractivity contribution in [1.82, 2.24) is 0 Å². The molecule has 0 bridgehead atoms. The second-order valence-corrected chi connectivity index (χ2v) is 6.06. The fraction of sp³-hybridized carbons (Fsp3) is 1.00. The Bertz CT molecular complexity index is 176. The molecule has 0 amide bonds. The van der Waals surface area contributed by atoms with Crippen LogP contribution in [0.3, 0.4) is 0 Å². The second kappa shape index (κ2) is 3.18. The number of rotatable bonds is 0. The summed E-state index contributed by atoms with van der Waals surface area (Å²) in [6, 6.07) is 0. The average Bonchev–Trinajstić information content (AvgIpc) is 2.48. The lowest BCUT2D eigenvalue weighted by Gasteiger charge is -2.31. The molecule has 12 heavy (non-hydrogen) atoms. The van der Waals surface area contributed by atoms with Crippen LogP contribution in [0.4, 0.5) is 0 Å². The molecule has 0 spiro atoms. The van der Waals surface area contributed by atoms with Crippen LogP contribution in [0.2, 0.25) is 0 Å². The summed E-state index contributed by atoms with van der Waals surface area (Å²) in [5.74, 6) is 1.83. The summed E-state index contributed by atoms with van der Waals surface area (Å²) in [4.78, 5) is 0. The monoisotopic (exact) mass is 191 g/mol. The van der Waals surface area contributed by atoms with E-state index in [-0.39, 0.29) is 16.1 Å². The van der Waals surface area contributed by atoms with Crippen LogP contribution in [0.15, 0.2) is 0 Å². The van der Waals surface area contributed by atoms with E-state index in [1.807, 2.05) is 0 Å². The molecule has 5 atom stereocenters. The molecule has 2 fully saturated rings. The number of aliphatic hydroxyl groups is 3. The molecular weight excluding hydrogens is 176 g/mol. The third-order valence-corrected chi connectivity index (χ3v) is 5.79. The van der Waals surface area contributed by atoms with Crippen LogP contribution in [0, 0.1) is 0 Å². The van der Waals surface area contributed by atoms with Crippen molar-refractivity contribution in [2.24, 2.45) is 0 Å². The summed E-state index contributed by atoms with van der Waals surface area (Å²) in [5, 5.41) is 28.7. The maximum Gasteiger partial charge on any atom is 0.146 e. The Kier molecular flexibility index (Phi) is 2.33. The Morgan fingerprint density at radius 2 is 1.83 bits per heavy atom. The smallest absolute Gasteiger partial charge is 0.146 e. The second-order valence-electron chi connectivity index (χ2n) is 3.64. The summed E-state index contributed by atoms with van der Waals surface area (Å²) in [5.41, 5.74) is 0. The Morgan fingerprint density at radius 1 is 1.08 bits per heavy atom. The zero-order valence-electron chi connectivity index (χ0n) is 6.89. The number of hydrogen-bond donors (Lipinski definition) is 3. The van der Waals surface area contributed by atoms with Crippen LogP contribution in [-0.2, 0) is 10.9 Å². The molecule has 0 aromatic rings. The van der Waals surface area contributed by atoms with Crippen molar-refractivity contribution in [2.75, 3.05) is 11.5 Å². The molecule has 4 heteroatoms. The Labute approximate surface area is 74.8 Å². The first kappa shape index (κ1) is 8.81. The average molecular weight is 191 g/mol. The van der Waals surface area contributed by atoms with Gasteiger partial charge < -0.3 is 15.3 Å². The van der Waals surface area contributed by atoms with E-state index in [4.69, 9.17) is 0 Å². The van der Waals surface area contributed by atoms with Crippen LogP contribution in [0.1, 0.15) is 12.8 Å². The van der Waals surface area contributed by atoms with E-state index in [2.05, 4.69) is 0 Å². The molecule has 2 aliphatic rings. The minimum Gasteiger partial charge on any atom is -0.387 e. The van der Waals surface area contributed by atoms with E-state index in [9.17, 15) is 15.3 Å². The normalized spacial score (nSPS) is 53.8. The highest BCUT2D eigenvalue weighted by molar-refractivity contribution is 7.97. The molecule has 2 heterocycles. The molecule has 3 nitrogen and oxygen atoms in total. The third kappa shape index (κ3) is 1.27. The predicted molar refractivity (Wildman–Crippen MR) is 48.1 cm³/mol. The first-order valence-corrected chi connectivity index (χ1v) is 6.03. The van der Waals surface area contributed by atoms with Gasteiger partial charge in [0, 0.05) is 6.42 Å².